The molecule has 0 aromatic carbocycles. The van der Waals surface area contributed by atoms with Gasteiger partial charge in [-0.05, 0) is 13.3 Å². The molecule has 2 N–H and O–H groups in total. The standard InChI is InChI=1S/C9H14F6N2O/c1-3-4-5-16-6(18)17-7(2,8(10,11)12)9(13,14)15/h3-5H2,1-2H3,(H2,16,17,18). The SMILES string of the molecule is CCCCNC(=O)NC(C)(C(F)(F)F)C(F)(F)F. The third-order valence-electron chi connectivity index (χ3n) is 2.31. The first kappa shape index (κ1) is 16.9. The number of carbonyl (C=O) groups is 1. The van der Waals surface area contributed by atoms with Crippen LogP contribution in [0, 0.1) is 0 Å². The van der Waals surface area contributed by atoms with Gasteiger partial charge in [0, 0.05) is 6.54 Å². The van der Waals surface area contributed by atoms with E-state index in [0.29, 0.717) is 12.8 Å². The first-order chi connectivity index (χ1) is 7.95. The second-order valence-corrected chi connectivity index (χ2v) is 3.85. The van der Waals surface area contributed by atoms with Crippen molar-refractivity contribution in [3.8, 4) is 0 Å². The fraction of sp³-hybridized carbons (Fsp3) is 0.889. The van der Waals surface area contributed by atoms with E-state index in [4.69, 9.17) is 0 Å². The van der Waals surface area contributed by atoms with Crippen molar-refractivity contribution < 1.29 is 31.1 Å². The average molecular weight is 280 g/mol. The van der Waals surface area contributed by atoms with Crippen LogP contribution in [0.3, 0.4) is 0 Å². The summed E-state index contributed by atoms with van der Waals surface area (Å²) >= 11 is 0. The predicted molar refractivity (Wildman–Crippen MR) is 52.0 cm³/mol. The highest BCUT2D eigenvalue weighted by atomic mass is 19.4. The molecule has 0 heterocycles. The molecule has 0 bridgehead atoms. The lowest BCUT2D eigenvalue weighted by Crippen LogP contribution is -2.67. The van der Waals surface area contributed by atoms with Gasteiger partial charge in [-0.25, -0.2) is 4.79 Å². The van der Waals surface area contributed by atoms with E-state index in [-0.39, 0.29) is 13.5 Å². The Labute approximate surface area is 99.9 Å². The minimum absolute atomic E-state index is 0.00806. The summed E-state index contributed by atoms with van der Waals surface area (Å²) in [4.78, 5) is 11.0. The van der Waals surface area contributed by atoms with Gasteiger partial charge in [0.1, 0.15) is 0 Å². The van der Waals surface area contributed by atoms with Crippen LogP contribution < -0.4 is 10.6 Å². The Morgan fingerprint density at radius 3 is 1.83 bits per heavy atom. The van der Waals surface area contributed by atoms with E-state index < -0.39 is 23.9 Å². The van der Waals surface area contributed by atoms with Crippen LogP contribution in [0.15, 0.2) is 0 Å². The van der Waals surface area contributed by atoms with Gasteiger partial charge in [0.25, 0.3) is 0 Å². The van der Waals surface area contributed by atoms with Crippen molar-refractivity contribution in [3.05, 3.63) is 0 Å². The van der Waals surface area contributed by atoms with Gasteiger partial charge in [0.2, 0.25) is 5.54 Å². The van der Waals surface area contributed by atoms with Crippen LogP contribution in [0.5, 0.6) is 0 Å². The minimum atomic E-state index is -5.63. The van der Waals surface area contributed by atoms with E-state index in [1.54, 1.807) is 6.92 Å². The molecular weight excluding hydrogens is 266 g/mol. The molecular formula is C9H14F6N2O. The van der Waals surface area contributed by atoms with Gasteiger partial charge in [0.05, 0.1) is 0 Å². The van der Waals surface area contributed by atoms with Crippen molar-refractivity contribution in [3.63, 3.8) is 0 Å². The number of halogens is 6. The highest BCUT2D eigenvalue weighted by Crippen LogP contribution is 2.42. The number of nitrogens with one attached hydrogen (secondary N) is 2. The fourth-order valence-electron chi connectivity index (χ4n) is 0.952. The number of hydrogen-bond acceptors (Lipinski definition) is 1. The first-order valence-electron chi connectivity index (χ1n) is 5.15. The number of hydrogen-bond donors (Lipinski definition) is 2. The summed E-state index contributed by atoms with van der Waals surface area (Å²) in [7, 11) is 0. The molecule has 0 aliphatic heterocycles. The largest absolute Gasteiger partial charge is 0.420 e. The van der Waals surface area contributed by atoms with Gasteiger partial charge in [-0.1, -0.05) is 13.3 Å². The maximum absolute atomic E-state index is 12.4. The Balaban J connectivity index is 4.79. The van der Waals surface area contributed by atoms with Gasteiger partial charge >= 0.3 is 18.4 Å². The molecule has 0 aromatic rings. The number of carbonyl (C=O) groups excluding carboxylic acids is 1. The molecule has 108 valence electrons. The maximum atomic E-state index is 12.4. The zero-order valence-corrected chi connectivity index (χ0v) is 9.80. The molecule has 0 radical (unpaired) electrons. The van der Waals surface area contributed by atoms with Crippen molar-refractivity contribution >= 4 is 6.03 Å². The van der Waals surface area contributed by atoms with E-state index in [2.05, 4.69) is 0 Å². The van der Waals surface area contributed by atoms with Gasteiger partial charge in [-0.15, -0.1) is 0 Å². The zero-order valence-electron chi connectivity index (χ0n) is 9.80. The number of urea groups is 1. The Hall–Kier alpha value is -1.15. The Morgan fingerprint density at radius 2 is 1.50 bits per heavy atom. The van der Waals surface area contributed by atoms with E-state index in [1.807, 2.05) is 5.32 Å². The topological polar surface area (TPSA) is 41.1 Å². The van der Waals surface area contributed by atoms with Crippen LogP contribution in [0.25, 0.3) is 0 Å². The van der Waals surface area contributed by atoms with Crippen LogP contribution in [-0.4, -0.2) is 30.5 Å². The smallest absolute Gasteiger partial charge is 0.338 e. The molecule has 0 aromatic heterocycles. The maximum Gasteiger partial charge on any atom is 0.420 e. The fourth-order valence-corrected chi connectivity index (χ4v) is 0.952. The Bertz CT molecular complexity index is 272. The van der Waals surface area contributed by atoms with Crippen molar-refractivity contribution in [2.75, 3.05) is 6.54 Å². The molecule has 9 heteroatoms. The van der Waals surface area contributed by atoms with Gasteiger partial charge in [-0.3, -0.25) is 0 Å². The normalized spacial score (nSPS) is 13.3. The van der Waals surface area contributed by atoms with Crippen LogP contribution in [0.2, 0.25) is 0 Å². The Morgan fingerprint density at radius 1 is 1.06 bits per heavy atom. The van der Waals surface area contributed by atoms with Crippen LogP contribution in [0.4, 0.5) is 31.1 Å². The Kier molecular flexibility index (Phi) is 5.30. The van der Waals surface area contributed by atoms with Gasteiger partial charge in [0.15, 0.2) is 0 Å². The highest BCUT2D eigenvalue weighted by molar-refractivity contribution is 5.75. The molecule has 0 aliphatic rings. The number of amides is 2. The van der Waals surface area contributed by atoms with Crippen LogP contribution in [0.1, 0.15) is 26.7 Å². The predicted octanol–water partition coefficient (Wildman–Crippen LogP) is 2.97. The lowest BCUT2D eigenvalue weighted by molar-refractivity contribution is -0.297. The molecule has 3 nitrogen and oxygen atoms in total. The van der Waals surface area contributed by atoms with Crippen LogP contribution in [-0.2, 0) is 0 Å². The number of unbranched alkanes of at least 4 members (excludes halogenated alkanes) is 1. The summed E-state index contributed by atoms with van der Waals surface area (Å²) in [5.74, 6) is 0. The second kappa shape index (κ2) is 5.66. The molecule has 0 fully saturated rings. The third-order valence-corrected chi connectivity index (χ3v) is 2.31. The summed E-state index contributed by atoms with van der Waals surface area (Å²) in [6.45, 7) is 1.65. The first-order valence-corrected chi connectivity index (χ1v) is 5.15. The van der Waals surface area contributed by atoms with E-state index in [1.165, 1.54) is 0 Å². The lowest BCUT2D eigenvalue weighted by Gasteiger charge is -2.34. The number of rotatable bonds is 4. The lowest BCUT2D eigenvalue weighted by atomic mass is 10.0. The monoisotopic (exact) mass is 280 g/mol. The van der Waals surface area contributed by atoms with Crippen molar-refractivity contribution in [1.29, 1.82) is 0 Å². The molecule has 0 atom stereocenters. The minimum Gasteiger partial charge on any atom is -0.338 e. The van der Waals surface area contributed by atoms with Crippen molar-refractivity contribution in [2.24, 2.45) is 0 Å². The molecule has 0 spiro atoms. The summed E-state index contributed by atoms with van der Waals surface area (Å²) in [5, 5.41) is 2.87. The summed E-state index contributed by atoms with van der Waals surface area (Å²) in [6.07, 6.45) is -10.2. The summed E-state index contributed by atoms with van der Waals surface area (Å²) in [6, 6.07) is -1.50. The molecule has 0 saturated carbocycles. The van der Waals surface area contributed by atoms with Gasteiger partial charge in [-0.2, -0.15) is 26.3 Å². The molecule has 0 unspecified atom stereocenters. The van der Waals surface area contributed by atoms with Gasteiger partial charge < -0.3 is 10.6 Å². The molecule has 0 saturated heterocycles. The molecule has 0 aliphatic carbocycles. The highest BCUT2D eigenvalue weighted by Gasteiger charge is 2.68. The number of alkyl halides is 6. The van der Waals surface area contributed by atoms with Crippen molar-refractivity contribution in [1.82, 2.24) is 10.6 Å². The summed E-state index contributed by atoms with van der Waals surface area (Å²) in [5.41, 5.74) is -4.27. The van der Waals surface area contributed by atoms with Crippen molar-refractivity contribution in [2.45, 2.75) is 44.6 Å². The third kappa shape index (κ3) is 3.95. The van der Waals surface area contributed by atoms with E-state index in [9.17, 15) is 31.1 Å². The average Bonchev–Trinajstić information content (AvgIpc) is 2.14. The van der Waals surface area contributed by atoms with E-state index in [0.717, 1.165) is 5.32 Å². The van der Waals surface area contributed by atoms with E-state index >= 15 is 0 Å². The van der Waals surface area contributed by atoms with Crippen LogP contribution >= 0.6 is 0 Å². The molecule has 0 rings (SSSR count). The second-order valence-electron chi connectivity index (χ2n) is 3.85. The molecule has 18 heavy (non-hydrogen) atoms. The quantitative estimate of drug-likeness (QED) is 0.603. The zero-order chi connectivity index (χ0) is 14.6. The molecule has 2 amide bonds. The summed E-state index contributed by atoms with van der Waals surface area (Å²) < 4.78 is 74.3.